The molecule has 0 spiro atoms. The van der Waals surface area contributed by atoms with Crippen molar-refractivity contribution in [2.45, 2.75) is 44.1 Å². The van der Waals surface area contributed by atoms with Gasteiger partial charge in [0.2, 0.25) is 5.91 Å². The van der Waals surface area contributed by atoms with E-state index < -0.39 is 0 Å². The lowest BCUT2D eigenvalue weighted by Gasteiger charge is -2.25. The third-order valence-electron chi connectivity index (χ3n) is 5.47. The summed E-state index contributed by atoms with van der Waals surface area (Å²) in [5, 5.41) is 12.6. The van der Waals surface area contributed by atoms with Crippen molar-refractivity contribution in [2.24, 2.45) is 5.92 Å². The largest absolute Gasteiger partial charge is 0.508 e. The number of amides is 1. The fourth-order valence-electron chi connectivity index (χ4n) is 3.48. The van der Waals surface area contributed by atoms with E-state index in [1.807, 2.05) is 38.6 Å². The molecule has 1 fully saturated rings. The van der Waals surface area contributed by atoms with E-state index in [2.05, 4.69) is 20.2 Å². The second-order valence-corrected chi connectivity index (χ2v) is 8.04. The van der Waals surface area contributed by atoms with Crippen LogP contribution in [0.1, 0.15) is 42.7 Å². The van der Waals surface area contributed by atoms with Gasteiger partial charge in [-0.1, -0.05) is 25.0 Å². The van der Waals surface area contributed by atoms with Crippen LogP contribution < -0.4 is 5.32 Å². The molecule has 2 N–H and O–H groups in total. The van der Waals surface area contributed by atoms with Crippen LogP contribution >= 0.6 is 0 Å². The standard InChI is InChI=1S/C22H30N4O2/c1-26(2)20(10-17-5-7-21(27)8-6-17)14-25-22(28)11-18(9-16-3-4-16)19-12-23-15-24-13-19/h5-8,12-13,15-16,18,20,27H,3-4,9-11,14H2,1-2H3,(H,25,28). The molecule has 1 aliphatic rings. The first-order valence-electron chi connectivity index (χ1n) is 9.97. The third-order valence-corrected chi connectivity index (χ3v) is 5.47. The molecular weight excluding hydrogens is 352 g/mol. The predicted octanol–water partition coefficient (Wildman–Crippen LogP) is 2.75. The fourth-order valence-corrected chi connectivity index (χ4v) is 3.48. The highest BCUT2D eigenvalue weighted by atomic mass is 16.3. The molecule has 0 aliphatic heterocycles. The molecule has 1 heterocycles. The van der Waals surface area contributed by atoms with E-state index in [-0.39, 0.29) is 23.6 Å². The second-order valence-electron chi connectivity index (χ2n) is 8.04. The SMILES string of the molecule is CN(C)C(CNC(=O)CC(CC1CC1)c1cncnc1)Cc1ccc(O)cc1. The monoisotopic (exact) mass is 382 g/mol. The summed E-state index contributed by atoms with van der Waals surface area (Å²) in [7, 11) is 4.04. The number of phenolic OH excluding ortho intramolecular Hbond substituents is 1. The van der Waals surface area contributed by atoms with Crippen molar-refractivity contribution in [3.63, 3.8) is 0 Å². The Morgan fingerprint density at radius 3 is 2.50 bits per heavy atom. The molecule has 6 heteroatoms. The van der Waals surface area contributed by atoms with Gasteiger partial charge < -0.3 is 15.3 Å². The maximum Gasteiger partial charge on any atom is 0.220 e. The molecule has 28 heavy (non-hydrogen) atoms. The molecule has 6 nitrogen and oxygen atoms in total. The van der Waals surface area contributed by atoms with Crippen molar-refractivity contribution >= 4 is 5.91 Å². The van der Waals surface area contributed by atoms with Crippen molar-refractivity contribution in [1.82, 2.24) is 20.2 Å². The minimum absolute atomic E-state index is 0.0760. The zero-order valence-electron chi connectivity index (χ0n) is 16.7. The maximum absolute atomic E-state index is 12.6. The van der Waals surface area contributed by atoms with Crippen molar-refractivity contribution in [3.8, 4) is 5.75 Å². The Morgan fingerprint density at radius 2 is 1.89 bits per heavy atom. The van der Waals surface area contributed by atoms with Gasteiger partial charge in [0.25, 0.3) is 0 Å². The highest BCUT2D eigenvalue weighted by Crippen LogP contribution is 2.39. The summed E-state index contributed by atoms with van der Waals surface area (Å²) in [6, 6.07) is 7.44. The summed E-state index contributed by atoms with van der Waals surface area (Å²) in [4.78, 5) is 23.0. The summed E-state index contributed by atoms with van der Waals surface area (Å²) >= 11 is 0. The van der Waals surface area contributed by atoms with Crippen LogP contribution in [0.4, 0.5) is 0 Å². The zero-order chi connectivity index (χ0) is 19.9. The minimum atomic E-state index is 0.0760. The molecule has 0 saturated heterocycles. The first-order valence-corrected chi connectivity index (χ1v) is 9.97. The summed E-state index contributed by atoms with van der Waals surface area (Å²) in [6.07, 6.45) is 10.0. The highest BCUT2D eigenvalue weighted by molar-refractivity contribution is 5.76. The van der Waals surface area contributed by atoms with Crippen LogP contribution in [0.25, 0.3) is 0 Å². The van der Waals surface area contributed by atoms with Gasteiger partial charge in [-0.15, -0.1) is 0 Å². The van der Waals surface area contributed by atoms with E-state index in [1.54, 1.807) is 12.1 Å². The van der Waals surface area contributed by atoms with Crippen molar-refractivity contribution in [2.75, 3.05) is 20.6 Å². The number of aromatic hydroxyl groups is 1. The quantitative estimate of drug-likeness (QED) is 0.661. The summed E-state index contributed by atoms with van der Waals surface area (Å²) in [6.45, 7) is 0.591. The lowest BCUT2D eigenvalue weighted by molar-refractivity contribution is -0.121. The number of nitrogens with zero attached hydrogens (tertiary/aromatic N) is 3. The second kappa shape index (κ2) is 9.64. The summed E-state index contributed by atoms with van der Waals surface area (Å²) in [5.41, 5.74) is 2.19. The molecule has 1 aromatic heterocycles. The normalized spacial score (nSPS) is 16.0. The number of nitrogens with one attached hydrogen (secondary N) is 1. The molecule has 2 atom stereocenters. The number of carbonyl (C=O) groups excluding carboxylic acids is 1. The van der Waals surface area contributed by atoms with Gasteiger partial charge in [0.15, 0.2) is 0 Å². The van der Waals surface area contributed by atoms with Crippen LogP contribution in [0.3, 0.4) is 0 Å². The molecule has 1 aromatic carbocycles. The zero-order valence-corrected chi connectivity index (χ0v) is 16.7. The van der Waals surface area contributed by atoms with Crippen LogP contribution in [0.2, 0.25) is 0 Å². The molecular formula is C22H30N4O2. The number of hydrogen-bond donors (Lipinski definition) is 2. The van der Waals surface area contributed by atoms with E-state index in [1.165, 1.54) is 19.2 Å². The lowest BCUT2D eigenvalue weighted by atomic mass is 9.92. The molecule has 2 aromatic rings. The first kappa shape index (κ1) is 20.3. The Labute approximate surface area is 167 Å². The lowest BCUT2D eigenvalue weighted by Crippen LogP contribution is -2.41. The molecule has 150 valence electrons. The Balaban J connectivity index is 1.54. The maximum atomic E-state index is 12.6. The molecule has 3 rings (SSSR count). The van der Waals surface area contributed by atoms with E-state index in [0.29, 0.717) is 13.0 Å². The fraction of sp³-hybridized carbons (Fsp3) is 0.500. The van der Waals surface area contributed by atoms with Gasteiger partial charge in [0.05, 0.1) is 0 Å². The smallest absolute Gasteiger partial charge is 0.220 e. The van der Waals surface area contributed by atoms with Crippen molar-refractivity contribution in [3.05, 3.63) is 54.1 Å². The summed E-state index contributed by atoms with van der Waals surface area (Å²) in [5.74, 6) is 1.27. The Morgan fingerprint density at radius 1 is 1.21 bits per heavy atom. The van der Waals surface area contributed by atoms with Gasteiger partial charge in [0, 0.05) is 31.4 Å². The Hall–Kier alpha value is -2.47. The average Bonchev–Trinajstić information content (AvgIpc) is 3.50. The molecule has 1 aliphatic carbocycles. The number of phenols is 1. The minimum Gasteiger partial charge on any atom is -0.508 e. The van der Waals surface area contributed by atoms with Gasteiger partial charge >= 0.3 is 0 Å². The topological polar surface area (TPSA) is 78.4 Å². The van der Waals surface area contributed by atoms with Crippen LogP contribution in [0.15, 0.2) is 43.0 Å². The van der Waals surface area contributed by atoms with Gasteiger partial charge in [-0.2, -0.15) is 0 Å². The third kappa shape index (κ3) is 6.30. The van der Waals surface area contributed by atoms with Gasteiger partial charge in [-0.25, -0.2) is 9.97 Å². The number of likely N-dealkylation sites (N-methyl/N-ethyl adjacent to an activating group) is 1. The highest BCUT2D eigenvalue weighted by Gasteiger charge is 2.28. The summed E-state index contributed by atoms with van der Waals surface area (Å²) < 4.78 is 0. The molecule has 1 saturated carbocycles. The van der Waals surface area contributed by atoms with Crippen molar-refractivity contribution < 1.29 is 9.90 Å². The predicted molar refractivity (Wildman–Crippen MR) is 109 cm³/mol. The molecule has 0 bridgehead atoms. The van der Waals surface area contributed by atoms with E-state index >= 15 is 0 Å². The molecule has 1 amide bonds. The van der Waals surface area contributed by atoms with Crippen molar-refractivity contribution in [1.29, 1.82) is 0 Å². The number of hydrogen-bond acceptors (Lipinski definition) is 5. The van der Waals surface area contributed by atoms with Crippen LogP contribution in [0, 0.1) is 5.92 Å². The van der Waals surface area contributed by atoms with Gasteiger partial charge in [-0.3, -0.25) is 4.79 Å². The van der Waals surface area contributed by atoms with Gasteiger partial charge in [0.1, 0.15) is 12.1 Å². The Kier molecular flexibility index (Phi) is 6.98. The van der Waals surface area contributed by atoms with E-state index in [9.17, 15) is 9.90 Å². The van der Waals surface area contributed by atoms with Crippen LogP contribution in [0.5, 0.6) is 5.75 Å². The first-order chi connectivity index (χ1) is 13.5. The number of carbonyl (C=O) groups is 1. The number of benzene rings is 1. The van der Waals surface area contributed by atoms with E-state index in [4.69, 9.17) is 0 Å². The van der Waals surface area contributed by atoms with Crippen LogP contribution in [-0.2, 0) is 11.2 Å². The van der Waals surface area contributed by atoms with Gasteiger partial charge in [-0.05, 0) is 62.0 Å². The average molecular weight is 383 g/mol. The molecule has 2 unspecified atom stereocenters. The number of rotatable bonds is 10. The Bertz CT molecular complexity index is 745. The van der Waals surface area contributed by atoms with E-state index in [0.717, 1.165) is 29.9 Å². The molecule has 0 radical (unpaired) electrons. The van der Waals surface area contributed by atoms with Crippen LogP contribution in [-0.4, -0.2) is 52.6 Å². The number of aromatic nitrogens is 2.